The molecule has 1 saturated heterocycles. The molecule has 0 atom stereocenters. The minimum atomic E-state index is -0.0493. The zero-order valence-corrected chi connectivity index (χ0v) is 22.8. The van der Waals surface area contributed by atoms with Crippen LogP contribution in [0.4, 0.5) is 11.8 Å². The zero-order valence-electron chi connectivity index (χ0n) is 20.4. The topological polar surface area (TPSA) is 107 Å². The van der Waals surface area contributed by atoms with Gasteiger partial charge in [-0.15, -0.1) is 0 Å². The second-order valence-electron chi connectivity index (χ2n) is 8.63. The van der Waals surface area contributed by atoms with Crippen LogP contribution in [0.15, 0.2) is 53.0 Å². The third-order valence-electron chi connectivity index (χ3n) is 6.20. The minimum Gasteiger partial charge on any atom is -0.497 e. The van der Waals surface area contributed by atoms with Gasteiger partial charge in [0.15, 0.2) is 17.3 Å². The van der Waals surface area contributed by atoms with Crippen molar-refractivity contribution in [3.63, 3.8) is 0 Å². The number of halogens is 1. The largest absolute Gasteiger partial charge is 0.497 e. The number of nitrogen functional groups attached to an aromatic ring is 1. The zero-order chi connectivity index (χ0) is 25.8. The molecule has 2 N–H and O–H groups in total. The Labute approximate surface area is 227 Å². The molecule has 0 aliphatic carbocycles. The number of ether oxygens (including phenoxy) is 2. The number of carbonyl (C=O) groups is 1. The number of benzene rings is 2. The third-order valence-corrected chi connectivity index (χ3v) is 7.73. The number of methoxy groups -OCH3 is 1. The Balaban J connectivity index is 1.20. The van der Waals surface area contributed by atoms with Crippen LogP contribution in [0.5, 0.6) is 11.5 Å². The summed E-state index contributed by atoms with van der Waals surface area (Å²) >= 11 is 5.03. The van der Waals surface area contributed by atoms with Gasteiger partial charge in [-0.2, -0.15) is 4.98 Å². The highest BCUT2D eigenvalue weighted by atomic mass is 79.9. The molecule has 37 heavy (non-hydrogen) atoms. The second-order valence-corrected chi connectivity index (χ2v) is 10.6. The predicted octanol–water partition coefficient (Wildman–Crippen LogP) is 3.95. The number of rotatable bonds is 8. The van der Waals surface area contributed by atoms with Crippen molar-refractivity contribution in [2.75, 3.05) is 50.5 Å². The van der Waals surface area contributed by atoms with Crippen LogP contribution in [0.2, 0.25) is 0 Å². The number of hydrogen-bond donors (Lipinski definition) is 1. The Morgan fingerprint density at radius 1 is 0.973 bits per heavy atom. The highest BCUT2D eigenvalue weighted by Crippen LogP contribution is 2.30. The van der Waals surface area contributed by atoms with Gasteiger partial charge < -0.3 is 25.0 Å². The summed E-state index contributed by atoms with van der Waals surface area (Å²) < 4.78 is 11.9. The van der Waals surface area contributed by atoms with Gasteiger partial charge in [-0.3, -0.25) is 4.79 Å². The molecule has 9 nitrogen and oxygen atoms in total. The normalized spacial score (nSPS) is 13.7. The van der Waals surface area contributed by atoms with Crippen LogP contribution in [0.25, 0.3) is 10.3 Å². The van der Waals surface area contributed by atoms with Gasteiger partial charge in [-0.1, -0.05) is 39.4 Å². The summed E-state index contributed by atoms with van der Waals surface area (Å²) in [4.78, 5) is 31.3. The van der Waals surface area contributed by atoms with E-state index >= 15 is 0 Å². The van der Waals surface area contributed by atoms with E-state index in [1.165, 1.54) is 5.56 Å². The first kappa shape index (κ1) is 25.2. The molecular weight excluding hydrogens is 556 g/mol. The average Bonchev–Trinajstić information content (AvgIpc) is 3.34. The Hall–Kier alpha value is -3.44. The molecule has 4 aromatic rings. The van der Waals surface area contributed by atoms with Gasteiger partial charge in [-0.25, -0.2) is 9.97 Å². The Bertz CT molecular complexity index is 1370. The van der Waals surface area contributed by atoms with Crippen molar-refractivity contribution in [2.45, 2.75) is 12.8 Å². The standard InChI is InChI=1S/C26H27BrN6O3S/c1-35-19-7-9-20(10-8-19)36-16-22(34)32-12-14-33(15-13-32)24-23-25(31-26(28)30-24)37-21(29-23)11-4-17-2-5-18(27)6-3-17/h2-3,5-10H,4,11-16H2,1H3,(H2,28,30,31). The first-order chi connectivity index (χ1) is 18.0. The molecule has 0 unspecified atom stereocenters. The van der Waals surface area contributed by atoms with Crippen LogP contribution >= 0.6 is 27.3 Å². The van der Waals surface area contributed by atoms with E-state index in [0.717, 1.165) is 44.2 Å². The lowest BCUT2D eigenvalue weighted by atomic mass is 10.1. The fourth-order valence-corrected chi connectivity index (χ4v) is 5.37. The molecular formula is C26H27BrN6O3S. The maximum atomic E-state index is 12.7. The Morgan fingerprint density at radius 2 is 1.68 bits per heavy atom. The number of anilines is 2. The van der Waals surface area contributed by atoms with Gasteiger partial charge >= 0.3 is 0 Å². The fraction of sp³-hybridized carbons (Fsp3) is 0.308. The van der Waals surface area contributed by atoms with Gasteiger partial charge in [0.05, 0.1) is 12.1 Å². The lowest BCUT2D eigenvalue weighted by molar-refractivity contribution is -0.133. The van der Waals surface area contributed by atoms with Crippen molar-refractivity contribution in [3.8, 4) is 11.5 Å². The van der Waals surface area contributed by atoms with E-state index in [2.05, 4.69) is 42.9 Å². The number of fused-ring (bicyclic) bond motifs is 1. The molecule has 3 heterocycles. The maximum absolute atomic E-state index is 12.7. The molecule has 0 bridgehead atoms. The van der Waals surface area contributed by atoms with Gasteiger partial charge in [0.2, 0.25) is 5.95 Å². The molecule has 2 aromatic heterocycles. The monoisotopic (exact) mass is 582 g/mol. The Morgan fingerprint density at radius 3 is 2.38 bits per heavy atom. The Kier molecular flexibility index (Phi) is 7.71. The van der Waals surface area contributed by atoms with Crippen molar-refractivity contribution in [3.05, 3.63) is 63.6 Å². The fourth-order valence-electron chi connectivity index (χ4n) is 4.17. The smallest absolute Gasteiger partial charge is 0.260 e. The van der Waals surface area contributed by atoms with E-state index in [1.807, 2.05) is 17.0 Å². The van der Waals surface area contributed by atoms with E-state index in [4.69, 9.17) is 20.2 Å². The van der Waals surface area contributed by atoms with Crippen LogP contribution in [0, 0.1) is 0 Å². The first-order valence-corrected chi connectivity index (χ1v) is 13.6. The number of amides is 1. The molecule has 1 fully saturated rings. The maximum Gasteiger partial charge on any atom is 0.260 e. The van der Waals surface area contributed by atoms with Crippen molar-refractivity contribution < 1.29 is 14.3 Å². The average molecular weight is 584 g/mol. The summed E-state index contributed by atoms with van der Waals surface area (Å²) in [6, 6.07) is 15.5. The number of nitrogens with zero attached hydrogens (tertiary/aromatic N) is 5. The van der Waals surface area contributed by atoms with E-state index in [0.29, 0.717) is 31.9 Å². The third kappa shape index (κ3) is 6.11. The van der Waals surface area contributed by atoms with E-state index in [9.17, 15) is 4.79 Å². The predicted molar refractivity (Wildman–Crippen MR) is 148 cm³/mol. The molecule has 1 amide bonds. The van der Waals surface area contributed by atoms with Gasteiger partial charge in [0.1, 0.15) is 17.0 Å². The number of thiazole rings is 1. The summed E-state index contributed by atoms with van der Waals surface area (Å²) in [7, 11) is 1.61. The highest BCUT2D eigenvalue weighted by molar-refractivity contribution is 9.10. The van der Waals surface area contributed by atoms with Gasteiger partial charge in [0, 0.05) is 37.1 Å². The van der Waals surface area contributed by atoms with Crippen molar-refractivity contribution in [2.24, 2.45) is 0 Å². The lowest BCUT2D eigenvalue weighted by Gasteiger charge is -2.35. The van der Waals surface area contributed by atoms with Crippen LogP contribution in [0.1, 0.15) is 10.6 Å². The first-order valence-electron chi connectivity index (χ1n) is 12.0. The number of piperazine rings is 1. The minimum absolute atomic E-state index is 0.00908. The second kappa shape index (κ2) is 11.3. The van der Waals surface area contributed by atoms with Gasteiger partial charge in [0.25, 0.3) is 5.91 Å². The summed E-state index contributed by atoms with van der Waals surface area (Å²) in [6.45, 7) is 2.38. The molecule has 1 aliphatic rings. The SMILES string of the molecule is COc1ccc(OCC(=O)N2CCN(c3nc(N)nc4sc(CCc5ccc(Br)cc5)nc34)CC2)cc1. The summed E-state index contributed by atoms with van der Waals surface area (Å²) in [6.07, 6.45) is 1.71. The van der Waals surface area contributed by atoms with Crippen molar-refractivity contribution in [1.82, 2.24) is 19.9 Å². The van der Waals surface area contributed by atoms with Crippen molar-refractivity contribution >= 4 is 55.3 Å². The summed E-state index contributed by atoms with van der Waals surface area (Å²) in [5.41, 5.74) is 8.07. The number of nitrogens with two attached hydrogens (primary N) is 1. The molecule has 192 valence electrons. The molecule has 11 heteroatoms. The molecule has 5 rings (SSSR count). The number of carbonyl (C=O) groups excluding carboxylic acids is 1. The number of aromatic nitrogens is 3. The molecule has 2 aromatic carbocycles. The lowest BCUT2D eigenvalue weighted by Crippen LogP contribution is -2.50. The van der Waals surface area contributed by atoms with Crippen LogP contribution in [-0.4, -0.2) is 65.7 Å². The summed E-state index contributed by atoms with van der Waals surface area (Å²) in [5, 5.41) is 1.00. The quantitative estimate of drug-likeness (QED) is 0.333. The van der Waals surface area contributed by atoms with Gasteiger partial charge in [-0.05, 0) is 48.4 Å². The van der Waals surface area contributed by atoms with E-state index < -0.39 is 0 Å². The summed E-state index contributed by atoms with van der Waals surface area (Å²) in [5.74, 6) is 2.29. The van der Waals surface area contributed by atoms with Crippen LogP contribution < -0.4 is 20.1 Å². The molecule has 0 spiro atoms. The van der Waals surface area contributed by atoms with Crippen LogP contribution in [-0.2, 0) is 17.6 Å². The highest BCUT2D eigenvalue weighted by Gasteiger charge is 2.25. The number of aryl methyl sites for hydroxylation is 2. The van der Waals surface area contributed by atoms with E-state index in [-0.39, 0.29) is 18.5 Å². The number of hydrogen-bond acceptors (Lipinski definition) is 9. The molecule has 0 radical (unpaired) electrons. The molecule has 1 aliphatic heterocycles. The van der Waals surface area contributed by atoms with Crippen LogP contribution in [0.3, 0.4) is 0 Å². The molecule has 0 saturated carbocycles. The van der Waals surface area contributed by atoms with E-state index in [1.54, 1.807) is 42.7 Å². The van der Waals surface area contributed by atoms with Crippen molar-refractivity contribution in [1.29, 1.82) is 0 Å².